The molecule has 0 amide bonds. The van der Waals surface area contributed by atoms with Gasteiger partial charge in [-0.15, -0.1) is 0 Å². The quantitative estimate of drug-likeness (QED) is 0.351. The molecule has 0 radical (unpaired) electrons. The van der Waals surface area contributed by atoms with Crippen LogP contribution >= 0.6 is 0 Å². The average molecular weight is 503 g/mol. The standard InChI is InChI=1S/C26H26N6O5/c1-17-3-5-18(6-4-17)16-32-24(30-25(34)31(26(32)35)14-13-23(33)36-2)29-20-8-10-21(11-9-20)37-22-12-7-19(27)15-28-22/h3-12,15H,13-14,16,27H2,1-2H3,(H,29,30,34). The Morgan fingerprint density at radius 3 is 2.41 bits per heavy atom. The maximum Gasteiger partial charge on any atom is 0.335 e. The lowest BCUT2D eigenvalue weighted by Gasteiger charge is -2.11. The van der Waals surface area contributed by atoms with Gasteiger partial charge in [0.05, 0.1) is 37.6 Å². The highest BCUT2D eigenvalue weighted by Gasteiger charge is 2.12. The summed E-state index contributed by atoms with van der Waals surface area (Å²) in [7, 11) is 1.25. The van der Waals surface area contributed by atoms with Crippen LogP contribution in [-0.4, -0.2) is 32.2 Å². The van der Waals surface area contributed by atoms with Crippen LogP contribution in [0.2, 0.25) is 0 Å². The molecule has 2 aromatic heterocycles. The van der Waals surface area contributed by atoms with E-state index in [1.807, 2.05) is 31.2 Å². The van der Waals surface area contributed by atoms with Crippen LogP contribution in [0.5, 0.6) is 11.6 Å². The number of nitrogens with one attached hydrogen (secondary N) is 1. The number of pyridine rings is 1. The molecule has 3 N–H and O–H groups in total. The molecule has 2 aromatic carbocycles. The van der Waals surface area contributed by atoms with Gasteiger partial charge in [0.1, 0.15) is 5.75 Å². The molecular weight excluding hydrogens is 476 g/mol. The number of hydrogen-bond donors (Lipinski definition) is 2. The second-order valence-electron chi connectivity index (χ2n) is 8.22. The predicted molar refractivity (Wildman–Crippen MR) is 137 cm³/mol. The zero-order chi connectivity index (χ0) is 26.4. The fraction of sp³-hybridized carbons (Fsp3) is 0.192. The van der Waals surface area contributed by atoms with Crippen molar-refractivity contribution in [2.24, 2.45) is 4.99 Å². The largest absolute Gasteiger partial charge is 0.469 e. The number of esters is 1. The summed E-state index contributed by atoms with van der Waals surface area (Å²) in [5, 5.41) is 0. The molecule has 11 nitrogen and oxygen atoms in total. The highest BCUT2D eigenvalue weighted by Crippen LogP contribution is 2.22. The number of nitrogen functional groups attached to an aromatic ring is 1. The number of benzene rings is 2. The third-order valence-electron chi connectivity index (χ3n) is 5.46. The molecule has 0 aliphatic carbocycles. The summed E-state index contributed by atoms with van der Waals surface area (Å²) in [6.07, 6.45) is 1.38. The first-order chi connectivity index (χ1) is 17.8. The molecular formula is C26H26N6O5. The topological polar surface area (TPSA) is 147 Å². The maximum atomic E-state index is 13.3. The third-order valence-corrected chi connectivity index (χ3v) is 5.46. The highest BCUT2D eigenvalue weighted by atomic mass is 16.5. The summed E-state index contributed by atoms with van der Waals surface area (Å²) in [5.41, 5.74) is 7.37. The fourth-order valence-corrected chi connectivity index (χ4v) is 3.45. The maximum absolute atomic E-state index is 13.3. The van der Waals surface area contributed by atoms with Crippen LogP contribution in [0.25, 0.3) is 0 Å². The van der Waals surface area contributed by atoms with E-state index in [0.717, 1.165) is 15.7 Å². The molecule has 0 unspecified atom stereocenters. The van der Waals surface area contributed by atoms with Crippen molar-refractivity contribution in [3.63, 3.8) is 0 Å². The summed E-state index contributed by atoms with van der Waals surface area (Å²) >= 11 is 0. The minimum atomic E-state index is -0.679. The van der Waals surface area contributed by atoms with Gasteiger partial charge < -0.3 is 15.2 Å². The number of ether oxygens (including phenoxy) is 2. The van der Waals surface area contributed by atoms with Crippen LogP contribution < -0.4 is 27.5 Å². The van der Waals surface area contributed by atoms with Crippen LogP contribution in [0.15, 0.2) is 81.4 Å². The lowest BCUT2D eigenvalue weighted by molar-refractivity contribution is -0.140. The molecule has 11 heteroatoms. The van der Waals surface area contributed by atoms with Crippen LogP contribution in [-0.2, 0) is 22.6 Å². The molecule has 37 heavy (non-hydrogen) atoms. The van der Waals surface area contributed by atoms with Gasteiger partial charge in [-0.2, -0.15) is 0 Å². The van der Waals surface area contributed by atoms with Crippen molar-refractivity contribution in [3.8, 4) is 11.6 Å². The average Bonchev–Trinajstić information content (AvgIpc) is 2.89. The van der Waals surface area contributed by atoms with E-state index in [9.17, 15) is 14.4 Å². The van der Waals surface area contributed by atoms with Gasteiger partial charge in [-0.25, -0.2) is 24.1 Å². The molecule has 0 saturated carbocycles. The number of methoxy groups -OCH3 is 1. The summed E-state index contributed by atoms with van der Waals surface area (Å²) in [5.74, 6) is 0.381. The molecule has 0 spiro atoms. The molecule has 0 fully saturated rings. The van der Waals surface area contributed by atoms with Gasteiger partial charge in [-0.3, -0.25) is 14.3 Å². The Kier molecular flexibility index (Phi) is 7.62. The van der Waals surface area contributed by atoms with Crippen molar-refractivity contribution in [2.45, 2.75) is 26.4 Å². The first kappa shape index (κ1) is 25.2. The molecule has 0 atom stereocenters. The highest BCUT2D eigenvalue weighted by molar-refractivity contribution is 5.68. The first-order valence-corrected chi connectivity index (χ1v) is 11.4. The number of aromatic nitrogens is 4. The number of carbonyl (C=O) groups excluding carboxylic acids is 1. The number of aromatic amines is 1. The molecule has 190 valence electrons. The Morgan fingerprint density at radius 1 is 1.03 bits per heavy atom. The lowest BCUT2D eigenvalue weighted by Crippen LogP contribution is -2.50. The summed E-state index contributed by atoms with van der Waals surface area (Å²) in [6.45, 7) is 2.01. The summed E-state index contributed by atoms with van der Waals surface area (Å²) in [6, 6.07) is 17.7. The number of nitrogens with two attached hydrogens (primary N) is 1. The van der Waals surface area contributed by atoms with E-state index in [0.29, 0.717) is 23.0 Å². The minimum Gasteiger partial charge on any atom is -0.469 e. The number of aryl methyl sites for hydroxylation is 1. The smallest absolute Gasteiger partial charge is 0.335 e. The Bertz CT molecular complexity index is 1570. The zero-order valence-electron chi connectivity index (χ0n) is 20.4. The number of rotatable bonds is 8. The van der Waals surface area contributed by atoms with Gasteiger partial charge in [0, 0.05) is 12.6 Å². The van der Waals surface area contributed by atoms with Gasteiger partial charge in [0.2, 0.25) is 11.5 Å². The van der Waals surface area contributed by atoms with Crippen molar-refractivity contribution < 1.29 is 14.3 Å². The van der Waals surface area contributed by atoms with Crippen LogP contribution in [0.4, 0.5) is 11.4 Å². The monoisotopic (exact) mass is 502 g/mol. The lowest BCUT2D eigenvalue weighted by atomic mass is 10.1. The Hall–Kier alpha value is -4.93. The van der Waals surface area contributed by atoms with Gasteiger partial charge >= 0.3 is 17.3 Å². The van der Waals surface area contributed by atoms with Crippen LogP contribution in [0.1, 0.15) is 17.5 Å². The summed E-state index contributed by atoms with van der Waals surface area (Å²) < 4.78 is 12.6. The van der Waals surface area contributed by atoms with E-state index < -0.39 is 17.3 Å². The summed E-state index contributed by atoms with van der Waals surface area (Å²) in [4.78, 5) is 48.9. The minimum absolute atomic E-state index is 0.0683. The van der Waals surface area contributed by atoms with Gasteiger partial charge in [-0.05, 0) is 42.8 Å². The van der Waals surface area contributed by atoms with E-state index >= 15 is 0 Å². The third kappa shape index (κ3) is 6.40. The van der Waals surface area contributed by atoms with E-state index in [4.69, 9.17) is 10.5 Å². The van der Waals surface area contributed by atoms with Gasteiger partial charge in [0.25, 0.3) is 0 Å². The first-order valence-electron chi connectivity index (χ1n) is 11.4. The number of nitrogens with zero attached hydrogens (tertiary/aromatic N) is 4. The Balaban J connectivity index is 1.70. The van der Waals surface area contributed by atoms with E-state index in [1.165, 1.54) is 17.9 Å². The zero-order valence-corrected chi connectivity index (χ0v) is 20.4. The Labute approximate surface area is 211 Å². The van der Waals surface area contributed by atoms with Gasteiger partial charge in [-0.1, -0.05) is 29.8 Å². The van der Waals surface area contributed by atoms with Crippen LogP contribution in [0, 0.1) is 6.92 Å². The molecule has 0 bridgehead atoms. The van der Waals surface area contributed by atoms with Crippen molar-refractivity contribution >= 4 is 17.3 Å². The molecule has 2 heterocycles. The number of carbonyl (C=O) groups is 1. The second-order valence-corrected chi connectivity index (χ2v) is 8.22. The predicted octanol–water partition coefficient (Wildman–Crippen LogP) is 2.26. The fourth-order valence-electron chi connectivity index (χ4n) is 3.45. The van der Waals surface area contributed by atoms with Crippen molar-refractivity contribution in [1.82, 2.24) is 19.1 Å². The molecule has 0 aliphatic heterocycles. The number of anilines is 1. The SMILES string of the molecule is COC(=O)CCn1c(=O)[nH]/c(=N\c2ccc(Oc3ccc(N)cn3)cc2)n(Cc2ccc(C)cc2)c1=O. The van der Waals surface area contributed by atoms with Crippen molar-refractivity contribution in [3.05, 3.63) is 105 Å². The van der Waals surface area contributed by atoms with E-state index in [2.05, 4.69) is 19.7 Å². The van der Waals surface area contributed by atoms with Crippen molar-refractivity contribution in [2.75, 3.05) is 12.8 Å². The van der Waals surface area contributed by atoms with E-state index in [-0.39, 0.29) is 25.1 Å². The molecule has 0 aliphatic rings. The van der Waals surface area contributed by atoms with E-state index in [1.54, 1.807) is 36.4 Å². The Morgan fingerprint density at radius 2 is 1.76 bits per heavy atom. The molecule has 0 saturated heterocycles. The van der Waals surface area contributed by atoms with Crippen molar-refractivity contribution in [1.29, 1.82) is 0 Å². The second kappa shape index (κ2) is 11.2. The number of H-pyrrole nitrogens is 1. The normalized spacial score (nSPS) is 11.4. The molecule has 4 rings (SSSR count). The molecule has 4 aromatic rings. The van der Waals surface area contributed by atoms with Crippen LogP contribution in [0.3, 0.4) is 0 Å². The number of hydrogen-bond acceptors (Lipinski definition) is 8. The van der Waals surface area contributed by atoms with Gasteiger partial charge in [0.15, 0.2) is 0 Å².